The molecule has 2 atom stereocenters. The van der Waals surface area contributed by atoms with E-state index >= 15 is 0 Å². The monoisotopic (exact) mass is 228 g/mol. The van der Waals surface area contributed by atoms with Gasteiger partial charge in [-0.3, -0.25) is 10.9 Å². The average molecular weight is 228 g/mol. The van der Waals surface area contributed by atoms with Crippen molar-refractivity contribution in [2.24, 2.45) is 11.7 Å². The van der Waals surface area contributed by atoms with E-state index in [1.165, 1.54) is 5.57 Å². The molecule has 0 heterocycles. The highest BCUT2D eigenvalue weighted by molar-refractivity contribution is 5.10. The molecule has 4 N–H and O–H groups in total. The van der Waals surface area contributed by atoms with Crippen LogP contribution < -0.4 is 16.6 Å². The van der Waals surface area contributed by atoms with Crippen LogP contribution in [0.3, 0.4) is 0 Å². The molecule has 0 aliphatic rings. The Balaban J connectivity index is 4.45. The SMILES string of the molecule is CNNCC(C)N(C)/C=C(/C(C)C)C(C)N. The molecule has 16 heavy (non-hydrogen) atoms. The molecule has 0 rings (SSSR count). The molecule has 4 nitrogen and oxygen atoms in total. The first-order chi connectivity index (χ1) is 7.40. The normalized spacial score (nSPS) is 16.4. The lowest BCUT2D eigenvalue weighted by Crippen LogP contribution is -2.40. The predicted octanol–water partition coefficient (Wildman–Crippen LogP) is 0.918. The van der Waals surface area contributed by atoms with Crippen molar-refractivity contribution >= 4 is 0 Å². The van der Waals surface area contributed by atoms with Gasteiger partial charge in [-0.2, -0.15) is 0 Å². The number of hydrogen-bond acceptors (Lipinski definition) is 4. The van der Waals surface area contributed by atoms with Gasteiger partial charge in [0.25, 0.3) is 0 Å². The van der Waals surface area contributed by atoms with Gasteiger partial charge in [0.1, 0.15) is 0 Å². The Morgan fingerprint density at radius 1 is 1.31 bits per heavy atom. The van der Waals surface area contributed by atoms with Crippen LogP contribution in [0, 0.1) is 5.92 Å². The number of nitrogens with one attached hydrogen (secondary N) is 2. The quantitative estimate of drug-likeness (QED) is 0.567. The van der Waals surface area contributed by atoms with Crippen molar-refractivity contribution < 1.29 is 0 Å². The number of nitrogens with zero attached hydrogens (tertiary/aromatic N) is 1. The van der Waals surface area contributed by atoms with Gasteiger partial charge in [0.2, 0.25) is 0 Å². The number of hydrogen-bond donors (Lipinski definition) is 3. The molecular weight excluding hydrogens is 200 g/mol. The van der Waals surface area contributed by atoms with E-state index in [0.29, 0.717) is 12.0 Å². The van der Waals surface area contributed by atoms with Gasteiger partial charge in [-0.05, 0) is 32.4 Å². The van der Waals surface area contributed by atoms with Gasteiger partial charge in [0.05, 0.1) is 0 Å². The molecule has 0 amide bonds. The molecule has 0 spiro atoms. The molecule has 0 aromatic carbocycles. The Bertz CT molecular complexity index is 201. The minimum Gasteiger partial charge on any atom is -0.376 e. The van der Waals surface area contributed by atoms with Gasteiger partial charge in [-0.25, -0.2) is 0 Å². The minimum absolute atomic E-state index is 0.118. The third kappa shape index (κ3) is 5.49. The van der Waals surface area contributed by atoms with Crippen molar-refractivity contribution in [3.63, 3.8) is 0 Å². The lowest BCUT2D eigenvalue weighted by Gasteiger charge is -2.27. The van der Waals surface area contributed by atoms with Gasteiger partial charge in [0.15, 0.2) is 0 Å². The summed E-state index contributed by atoms with van der Waals surface area (Å²) in [6.07, 6.45) is 2.18. The minimum atomic E-state index is 0.118. The fourth-order valence-corrected chi connectivity index (χ4v) is 1.55. The smallest absolute Gasteiger partial charge is 0.0391 e. The first kappa shape index (κ1) is 15.4. The summed E-state index contributed by atoms with van der Waals surface area (Å²) < 4.78 is 0. The molecular formula is C12H28N4. The molecule has 0 radical (unpaired) electrons. The second kappa shape index (κ2) is 7.65. The van der Waals surface area contributed by atoms with Crippen LogP contribution in [-0.4, -0.2) is 37.6 Å². The molecule has 0 saturated carbocycles. The zero-order valence-electron chi connectivity index (χ0n) is 11.5. The number of rotatable bonds is 7. The Hall–Kier alpha value is -0.580. The fraction of sp³-hybridized carbons (Fsp3) is 0.833. The summed E-state index contributed by atoms with van der Waals surface area (Å²) in [7, 11) is 3.97. The van der Waals surface area contributed by atoms with E-state index in [0.717, 1.165) is 6.54 Å². The average Bonchev–Trinajstić information content (AvgIpc) is 2.20. The molecule has 0 aromatic rings. The van der Waals surface area contributed by atoms with E-state index in [2.05, 4.69) is 49.8 Å². The zero-order valence-corrected chi connectivity index (χ0v) is 11.5. The molecule has 0 saturated heterocycles. The zero-order chi connectivity index (χ0) is 12.7. The van der Waals surface area contributed by atoms with Gasteiger partial charge < -0.3 is 10.6 Å². The lowest BCUT2D eigenvalue weighted by atomic mass is 9.98. The number of hydrazine groups is 1. The van der Waals surface area contributed by atoms with Crippen molar-refractivity contribution in [2.45, 2.75) is 39.8 Å². The maximum Gasteiger partial charge on any atom is 0.0391 e. The topological polar surface area (TPSA) is 53.3 Å². The summed E-state index contributed by atoms with van der Waals surface area (Å²) in [5.74, 6) is 0.493. The Labute approximate surface area is 100 Å². The molecule has 2 unspecified atom stereocenters. The summed E-state index contributed by atoms with van der Waals surface area (Å²) in [6, 6.07) is 0.548. The number of likely N-dealkylation sites (N-methyl/N-ethyl adjacent to an activating group) is 1. The van der Waals surface area contributed by atoms with Crippen LogP contribution in [-0.2, 0) is 0 Å². The van der Waals surface area contributed by atoms with E-state index in [9.17, 15) is 0 Å². The molecule has 0 fully saturated rings. The summed E-state index contributed by atoms with van der Waals surface area (Å²) >= 11 is 0. The Kier molecular flexibility index (Phi) is 7.38. The van der Waals surface area contributed by atoms with Gasteiger partial charge >= 0.3 is 0 Å². The maximum atomic E-state index is 5.96. The highest BCUT2D eigenvalue weighted by Gasteiger charge is 2.11. The maximum absolute atomic E-state index is 5.96. The van der Waals surface area contributed by atoms with Crippen LogP contribution in [0.2, 0.25) is 0 Å². The second-order valence-electron chi connectivity index (χ2n) is 4.72. The van der Waals surface area contributed by atoms with E-state index in [1.54, 1.807) is 0 Å². The van der Waals surface area contributed by atoms with Crippen LogP contribution in [0.1, 0.15) is 27.7 Å². The first-order valence-electron chi connectivity index (χ1n) is 5.98. The Morgan fingerprint density at radius 3 is 2.25 bits per heavy atom. The van der Waals surface area contributed by atoms with Crippen molar-refractivity contribution in [2.75, 3.05) is 20.6 Å². The van der Waals surface area contributed by atoms with E-state index in [4.69, 9.17) is 5.73 Å². The van der Waals surface area contributed by atoms with Crippen LogP contribution in [0.25, 0.3) is 0 Å². The van der Waals surface area contributed by atoms with Crippen LogP contribution in [0.5, 0.6) is 0 Å². The second-order valence-corrected chi connectivity index (χ2v) is 4.72. The summed E-state index contributed by atoms with van der Waals surface area (Å²) in [6.45, 7) is 9.48. The number of nitrogens with two attached hydrogens (primary N) is 1. The summed E-state index contributed by atoms with van der Waals surface area (Å²) in [4.78, 5) is 2.21. The van der Waals surface area contributed by atoms with Gasteiger partial charge in [-0.15, -0.1) is 0 Å². The molecule has 0 aliphatic carbocycles. The van der Waals surface area contributed by atoms with Crippen molar-refractivity contribution in [3.8, 4) is 0 Å². The van der Waals surface area contributed by atoms with E-state index < -0.39 is 0 Å². The predicted molar refractivity (Wildman–Crippen MR) is 70.9 cm³/mol. The third-order valence-electron chi connectivity index (χ3n) is 2.81. The van der Waals surface area contributed by atoms with E-state index in [-0.39, 0.29) is 6.04 Å². The van der Waals surface area contributed by atoms with Crippen LogP contribution >= 0.6 is 0 Å². The fourth-order valence-electron chi connectivity index (χ4n) is 1.55. The summed E-state index contributed by atoms with van der Waals surface area (Å²) in [5.41, 5.74) is 13.3. The molecule has 4 heteroatoms. The van der Waals surface area contributed by atoms with E-state index in [1.807, 2.05) is 14.0 Å². The van der Waals surface area contributed by atoms with Crippen LogP contribution in [0.15, 0.2) is 11.8 Å². The summed E-state index contributed by atoms with van der Waals surface area (Å²) in [5, 5.41) is 0. The lowest BCUT2D eigenvalue weighted by molar-refractivity contribution is 0.322. The molecule has 0 bridgehead atoms. The van der Waals surface area contributed by atoms with Crippen LogP contribution in [0.4, 0.5) is 0 Å². The highest BCUT2D eigenvalue weighted by Crippen LogP contribution is 2.14. The first-order valence-corrected chi connectivity index (χ1v) is 5.98. The molecule has 0 aromatic heterocycles. The Morgan fingerprint density at radius 2 is 1.88 bits per heavy atom. The molecule has 0 aliphatic heterocycles. The largest absolute Gasteiger partial charge is 0.376 e. The third-order valence-corrected chi connectivity index (χ3v) is 2.81. The van der Waals surface area contributed by atoms with Crippen molar-refractivity contribution in [1.29, 1.82) is 0 Å². The standard InChI is InChI=1S/C12H28N4/c1-9(2)12(11(4)13)8-16(6)10(3)7-15-14-5/h8-11,14-15H,7,13H2,1-6H3/b12-8-. The van der Waals surface area contributed by atoms with Gasteiger partial charge in [-0.1, -0.05) is 13.8 Å². The van der Waals surface area contributed by atoms with Crippen molar-refractivity contribution in [3.05, 3.63) is 11.8 Å². The molecule has 96 valence electrons. The highest BCUT2D eigenvalue weighted by atomic mass is 15.3. The van der Waals surface area contributed by atoms with Gasteiger partial charge in [0, 0.05) is 31.9 Å². The van der Waals surface area contributed by atoms with Crippen molar-refractivity contribution in [1.82, 2.24) is 15.8 Å².